The normalized spacial score (nSPS) is 11.1. The van der Waals surface area contributed by atoms with Crippen LogP contribution < -0.4 is 0 Å². The minimum Gasteiger partial charge on any atom is -0.328 e. The van der Waals surface area contributed by atoms with Gasteiger partial charge in [0, 0.05) is 24.0 Å². The summed E-state index contributed by atoms with van der Waals surface area (Å²) in [5, 5.41) is 0. The van der Waals surface area contributed by atoms with Gasteiger partial charge < -0.3 is 4.57 Å². The van der Waals surface area contributed by atoms with Crippen LogP contribution in [0.4, 0.5) is 0 Å². The molecule has 0 bridgehead atoms. The minimum atomic E-state index is 0.444. The maximum absolute atomic E-state index is 4.44. The fourth-order valence-electron chi connectivity index (χ4n) is 1.83. The number of imidazole rings is 1. The fraction of sp³-hybridized carbons (Fsp3) is 0.357. The highest BCUT2D eigenvalue weighted by Crippen LogP contribution is 2.23. The van der Waals surface area contributed by atoms with Crippen molar-refractivity contribution in [3.05, 3.63) is 41.7 Å². The Hall–Kier alpha value is -1.57. The van der Waals surface area contributed by atoms with Crippen LogP contribution in [0.15, 0.2) is 30.6 Å². The van der Waals surface area contributed by atoms with Gasteiger partial charge in [0.2, 0.25) is 0 Å². The van der Waals surface area contributed by atoms with E-state index in [0.717, 1.165) is 5.82 Å². The van der Waals surface area contributed by atoms with Crippen LogP contribution in [0.3, 0.4) is 0 Å². The summed E-state index contributed by atoms with van der Waals surface area (Å²) in [5.74, 6) is 1.05. The van der Waals surface area contributed by atoms with Crippen molar-refractivity contribution in [3.63, 3.8) is 0 Å². The SMILES string of the molecule is Cc1ccc(-c2nccn2C(C)C)cc1C. The highest BCUT2D eigenvalue weighted by Gasteiger charge is 2.08. The first-order chi connectivity index (χ1) is 7.59. The Labute approximate surface area is 97.0 Å². The van der Waals surface area contributed by atoms with Gasteiger partial charge in [0.15, 0.2) is 0 Å². The maximum Gasteiger partial charge on any atom is 0.140 e. The molecule has 2 nitrogen and oxygen atoms in total. The zero-order chi connectivity index (χ0) is 11.7. The lowest BCUT2D eigenvalue weighted by molar-refractivity contribution is 0.606. The molecule has 0 amide bonds. The molecular formula is C14H18N2. The molecule has 1 aromatic carbocycles. The van der Waals surface area contributed by atoms with Crippen LogP contribution in [0.25, 0.3) is 11.4 Å². The summed E-state index contributed by atoms with van der Waals surface area (Å²) in [6.07, 6.45) is 3.90. The van der Waals surface area contributed by atoms with Gasteiger partial charge >= 0.3 is 0 Å². The van der Waals surface area contributed by atoms with Crippen LogP contribution in [0, 0.1) is 13.8 Å². The smallest absolute Gasteiger partial charge is 0.140 e. The number of hydrogen-bond donors (Lipinski definition) is 0. The summed E-state index contributed by atoms with van der Waals surface area (Å²) < 4.78 is 2.20. The Balaban J connectivity index is 2.50. The molecule has 84 valence electrons. The van der Waals surface area contributed by atoms with Gasteiger partial charge in [-0.05, 0) is 44.9 Å². The van der Waals surface area contributed by atoms with Crippen molar-refractivity contribution in [2.75, 3.05) is 0 Å². The van der Waals surface area contributed by atoms with Crippen LogP contribution in [-0.4, -0.2) is 9.55 Å². The second-order valence-corrected chi connectivity index (χ2v) is 4.55. The van der Waals surface area contributed by atoms with Crippen molar-refractivity contribution in [1.82, 2.24) is 9.55 Å². The lowest BCUT2D eigenvalue weighted by Crippen LogP contribution is -2.01. The molecule has 2 heteroatoms. The predicted octanol–water partition coefficient (Wildman–Crippen LogP) is 3.75. The second-order valence-electron chi connectivity index (χ2n) is 4.55. The van der Waals surface area contributed by atoms with E-state index in [0.29, 0.717) is 6.04 Å². The number of hydrogen-bond acceptors (Lipinski definition) is 1. The average molecular weight is 214 g/mol. The lowest BCUT2D eigenvalue weighted by atomic mass is 10.1. The molecule has 0 N–H and O–H groups in total. The monoisotopic (exact) mass is 214 g/mol. The molecule has 2 rings (SSSR count). The van der Waals surface area contributed by atoms with E-state index < -0.39 is 0 Å². The van der Waals surface area contributed by atoms with E-state index >= 15 is 0 Å². The van der Waals surface area contributed by atoms with Crippen LogP contribution in [0.1, 0.15) is 31.0 Å². The Kier molecular flexibility index (Phi) is 2.82. The molecular weight excluding hydrogens is 196 g/mol. The number of nitrogens with zero attached hydrogens (tertiary/aromatic N) is 2. The topological polar surface area (TPSA) is 17.8 Å². The number of aromatic nitrogens is 2. The van der Waals surface area contributed by atoms with Crippen molar-refractivity contribution in [3.8, 4) is 11.4 Å². The van der Waals surface area contributed by atoms with Gasteiger partial charge in [0.25, 0.3) is 0 Å². The van der Waals surface area contributed by atoms with E-state index in [2.05, 4.69) is 55.4 Å². The largest absolute Gasteiger partial charge is 0.328 e. The molecule has 0 aliphatic rings. The molecule has 0 atom stereocenters. The van der Waals surface area contributed by atoms with Gasteiger partial charge in [-0.3, -0.25) is 0 Å². The standard InChI is InChI=1S/C14H18N2/c1-10(2)16-8-7-15-14(16)13-6-5-11(3)12(4)9-13/h5-10H,1-4H3. The fourth-order valence-corrected chi connectivity index (χ4v) is 1.83. The predicted molar refractivity (Wildman–Crippen MR) is 67.5 cm³/mol. The Bertz CT molecular complexity index is 495. The van der Waals surface area contributed by atoms with Crippen LogP contribution in [-0.2, 0) is 0 Å². The third-order valence-corrected chi connectivity index (χ3v) is 2.99. The van der Waals surface area contributed by atoms with E-state index in [-0.39, 0.29) is 0 Å². The summed E-state index contributed by atoms with van der Waals surface area (Å²) >= 11 is 0. The Morgan fingerprint density at radius 1 is 1.12 bits per heavy atom. The van der Waals surface area contributed by atoms with E-state index in [9.17, 15) is 0 Å². The van der Waals surface area contributed by atoms with Crippen molar-refractivity contribution in [2.45, 2.75) is 33.7 Å². The van der Waals surface area contributed by atoms with Gasteiger partial charge in [0.05, 0.1) is 0 Å². The second kappa shape index (κ2) is 4.12. The van der Waals surface area contributed by atoms with E-state index in [1.807, 2.05) is 12.4 Å². The summed E-state index contributed by atoms with van der Waals surface area (Å²) in [6, 6.07) is 6.95. The highest BCUT2D eigenvalue weighted by molar-refractivity contribution is 5.58. The number of benzene rings is 1. The van der Waals surface area contributed by atoms with Crippen molar-refractivity contribution in [1.29, 1.82) is 0 Å². The van der Waals surface area contributed by atoms with Crippen molar-refractivity contribution in [2.24, 2.45) is 0 Å². The van der Waals surface area contributed by atoms with Gasteiger partial charge in [-0.2, -0.15) is 0 Å². The molecule has 0 saturated carbocycles. The molecule has 0 aliphatic heterocycles. The molecule has 0 fully saturated rings. The van der Waals surface area contributed by atoms with E-state index in [1.54, 1.807) is 0 Å². The minimum absolute atomic E-state index is 0.444. The molecule has 0 unspecified atom stereocenters. The summed E-state index contributed by atoms with van der Waals surface area (Å²) in [7, 11) is 0. The molecule has 2 aromatic rings. The molecule has 1 aromatic heterocycles. The van der Waals surface area contributed by atoms with Gasteiger partial charge in [-0.15, -0.1) is 0 Å². The molecule has 1 heterocycles. The first kappa shape index (κ1) is 10.9. The first-order valence-corrected chi connectivity index (χ1v) is 5.70. The average Bonchev–Trinajstić information content (AvgIpc) is 2.71. The zero-order valence-corrected chi connectivity index (χ0v) is 10.4. The van der Waals surface area contributed by atoms with Crippen molar-refractivity contribution >= 4 is 0 Å². The van der Waals surface area contributed by atoms with Crippen molar-refractivity contribution < 1.29 is 0 Å². The molecule has 0 aliphatic carbocycles. The highest BCUT2D eigenvalue weighted by atomic mass is 15.1. The third-order valence-electron chi connectivity index (χ3n) is 2.99. The number of aryl methyl sites for hydroxylation is 2. The number of rotatable bonds is 2. The lowest BCUT2D eigenvalue weighted by Gasteiger charge is -2.12. The third kappa shape index (κ3) is 1.87. The summed E-state index contributed by atoms with van der Waals surface area (Å²) in [4.78, 5) is 4.44. The Morgan fingerprint density at radius 2 is 1.88 bits per heavy atom. The maximum atomic E-state index is 4.44. The van der Waals surface area contributed by atoms with Gasteiger partial charge in [-0.1, -0.05) is 12.1 Å². The first-order valence-electron chi connectivity index (χ1n) is 5.70. The molecule has 16 heavy (non-hydrogen) atoms. The van der Waals surface area contributed by atoms with Crippen LogP contribution >= 0.6 is 0 Å². The van der Waals surface area contributed by atoms with Crippen LogP contribution in [0.5, 0.6) is 0 Å². The van der Waals surface area contributed by atoms with Gasteiger partial charge in [-0.25, -0.2) is 4.98 Å². The molecule has 0 radical (unpaired) electrons. The molecule has 0 spiro atoms. The molecule has 0 saturated heterocycles. The van der Waals surface area contributed by atoms with E-state index in [1.165, 1.54) is 16.7 Å². The zero-order valence-electron chi connectivity index (χ0n) is 10.4. The summed E-state index contributed by atoms with van der Waals surface area (Å²) in [5.41, 5.74) is 3.84. The van der Waals surface area contributed by atoms with Crippen LogP contribution in [0.2, 0.25) is 0 Å². The van der Waals surface area contributed by atoms with E-state index in [4.69, 9.17) is 0 Å². The van der Waals surface area contributed by atoms with Gasteiger partial charge in [0.1, 0.15) is 5.82 Å². The quantitative estimate of drug-likeness (QED) is 0.744. The Morgan fingerprint density at radius 3 is 2.50 bits per heavy atom. The summed E-state index contributed by atoms with van der Waals surface area (Å²) in [6.45, 7) is 8.62.